The highest BCUT2D eigenvalue weighted by Crippen LogP contribution is 2.38. The molecule has 2 heteroatoms. The van der Waals surface area contributed by atoms with Gasteiger partial charge in [-0.1, -0.05) is 26.7 Å². The first kappa shape index (κ1) is 12.9. The molecule has 0 radical (unpaired) electrons. The molecule has 104 valence electrons. The zero-order valence-corrected chi connectivity index (χ0v) is 12.4. The summed E-state index contributed by atoms with van der Waals surface area (Å²) in [4.78, 5) is 2.85. The van der Waals surface area contributed by atoms with Crippen LogP contribution in [0.15, 0.2) is 0 Å². The third-order valence-corrected chi connectivity index (χ3v) is 5.32. The van der Waals surface area contributed by atoms with Crippen molar-refractivity contribution in [2.24, 2.45) is 17.8 Å². The number of nitrogens with zero attached hydrogens (tertiary/aromatic N) is 1. The molecule has 18 heavy (non-hydrogen) atoms. The normalized spacial score (nSPS) is 36.0. The van der Waals surface area contributed by atoms with Crippen LogP contribution in [0.5, 0.6) is 0 Å². The van der Waals surface area contributed by atoms with Gasteiger partial charge in [0.25, 0.3) is 0 Å². The van der Waals surface area contributed by atoms with Crippen LogP contribution in [0.1, 0.15) is 52.9 Å². The average Bonchev–Trinajstić information content (AvgIpc) is 3.21. The number of piperazine rings is 1. The summed E-state index contributed by atoms with van der Waals surface area (Å²) >= 11 is 0. The van der Waals surface area contributed by atoms with Crippen molar-refractivity contribution in [3.05, 3.63) is 0 Å². The number of nitrogens with one attached hydrogen (secondary N) is 1. The van der Waals surface area contributed by atoms with Gasteiger partial charge < -0.3 is 5.32 Å². The Morgan fingerprint density at radius 3 is 2.39 bits per heavy atom. The van der Waals surface area contributed by atoms with Gasteiger partial charge >= 0.3 is 0 Å². The Hall–Kier alpha value is -0.0800. The lowest BCUT2D eigenvalue weighted by molar-refractivity contribution is 0.0519. The second-order valence-corrected chi connectivity index (χ2v) is 7.39. The van der Waals surface area contributed by atoms with Gasteiger partial charge in [0.05, 0.1) is 0 Å². The Kier molecular flexibility index (Phi) is 3.68. The Morgan fingerprint density at radius 2 is 1.83 bits per heavy atom. The quantitative estimate of drug-likeness (QED) is 0.807. The first-order valence-corrected chi connectivity index (χ1v) is 8.14. The van der Waals surface area contributed by atoms with Gasteiger partial charge in [0.15, 0.2) is 0 Å². The highest BCUT2D eigenvalue weighted by molar-refractivity contribution is 4.97. The minimum absolute atomic E-state index is 0.758. The molecule has 0 amide bonds. The topological polar surface area (TPSA) is 15.3 Å². The third kappa shape index (κ3) is 2.91. The molecule has 2 saturated carbocycles. The number of hydrogen-bond acceptors (Lipinski definition) is 2. The average molecular weight is 250 g/mol. The van der Waals surface area contributed by atoms with Crippen molar-refractivity contribution in [1.29, 1.82) is 0 Å². The van der Waals surface area contributed by atoms with Crippen molar-refractivity contribution in [2.75, 3.05) is 13.1 Å². The molecule has 1 aliphatic heterocycles. The number of hydrogen-bond donors (Lipinski definition) is 1. The zero-order valence-electron chi connectivity index (χ0n) is 12.4. The summed E-state index contributed by atoms with van der Waals surface area (Å²) in [7, 11) is 0. The van der Waals surface area contributed by atoms with Crippen molar-refractivity contribution < 1.29 is 0 Å². The van der Waals surface area contributed by atoms with Crippen LogP contribution in [-0.4, -0.2) is 36.1 Å². The maximum atomic E-state index is 3.82. The Bertz CT molecular complexity index is 281. The van der Waals surface area contributed by atoms with E-state index in [4.69, 9.17) is 0 Å². The monoisotopic (exact) mass is 250 g/mol. The summed E-state index contributed by atoms with van der Waals surface area (Å²) in [5, 5.41) is 3.82. The highest BCUT2D eigenvalue weighted by atomic mass is 15.3. The fourth-order valence-corrected chi connectivity index (χ4v) is 3.73. The van der Waals surface area contributed by atoms with E-state index < -0.39 is 0 Å². The van der Waals surface area contributed by atoms with E-state index in [1.54, 1.807) is 0 Å². The van der Waals surface area contributed by atoms with Crippen LogP contribution in [0.2, 0.25) is 0 Å². The standard InChI is InChI=1S/C16H30N2/c1-11(2)16-9-17-15(14-6-7-14)10-18(16)12(3)8-13-4-5-13/h11-17H,4-10H2,1-3H3. The van der Waals surface area contributed by atoms with Gasteiger partial charge in [-0.05, 0) is 43.9 Å². The fourth-order valence-electron chi connectivity index (χ4n) is 3.73. The molecule has 1 N–H and O–H groups in total. The van der Waals surface area contributed by atoms with E-state index in [2.05, 4.69) is 31.0 Å². The first-order valence-electron chi connectivity index (χ1n) is 8.14. The van der Waals surface area contributed by atoms with Gasteiger partial charge in [-0.25, -0.2) is 0 Å². The summed E-state index contributed by atoms with van der Waals surface area (Å²) in [6.45, 7) is 9.78. The lowest BCUT2D eigenvalue weighted by Crippen LogP contribution is -2.61. The second-order valence-electron chi connectivity index (χ2n) is 7.39. The largest absolute Gasteiger partial charge is 0.311 e. The van der Waals surface area contributed by atoms with E-state index in [-0.39, 0.29) is 0 Å². The van der Waals surface area contributed by atoms with Crippen LogP contribution in [0, 0.1) is 17.8 Å². The SMILES string of the molecule is CC(C)C1CNC(C2CC2)CN1C(C)CC1CC1. The first-order chi connectivity index (χ1) is 8.65. The fraction of sp³-hybridized carbons (Fsp3) is 1.00. The van der Waals surface area contributed by atoms with Crippen molar-refractivity contribution in [2.45, 2.75) is 71.0 Å². The molecule has 3 rings (SSSR count). The van der Waals surface area contributed by atoms with Crippen LogP contribution in [0.4, 0.5) is 0 Å². The van der Waals surface area contributed by atoms with Crippen LogP contribution >= 0.6 is 0 Å². The Labute approximate surface area is 113 Å². The maximum absolute atomic E-state index is 3.82. The second kappa shape index (κ2) is 5.13. The molecule has 3 fully saturated rings. The molecule has 0 aromatic heterocycles. The molecule has 1 saturated heterocycles. The predicted molar refractivity (Wildman–Crippen MR) is 76.6 cm³/mol. The Balaban J connectivity index is 1.62. The molecule has 3 unspecified atom stereocenters. The van der Waals surface area contributed by atoms with Crippen LogP contribution in [-0.2, 0) is 0 Å². The third-order valence-electron chi connectivity index (χ3n) is 5.32. The van der Waals surface area contributed by atoms with Crippen molar-refractivity contribution >= 4 is 0 Å². The van der Waals surface area contributed by atoms with E-state index >= 15 is 0 Å². The van der Waals surface area contributed by atoms with Gasteiger partial charge in [0.1, 0.15) is 0 Å². The van der Waals surface area contributed by atoms with E-state index in [1.165, 1.54) is 45.2 Å². The van der Waals surface area contributed by atoms with Crippen LogP contribution in [0.3, 0.4) is 0 Å². The lowest BCUT2D eigenvalue weighted by Gasteiger charge is -2.46. The van der Waals surface area contributed by atoms with Crippen LogP contribution in [0.25, 0.3) is 0 Å². The van der Waals surface area contributed by atoms with Crippen molar-refractivity contribution in [3.63, 3.8) is 0 Å². The number of rotatable bonds is 5. The molecule has 0 bridgehead atoms. The summed E-state index contributed by atoms with van der Waals surface area (Å²) in [5.74, 6) is 2.83. The highest BCUT2D eigenvalue weighted by Gasteiger charge is 2.40. The molecular weight excluding hydrogens is 220 g/mol. The molecule has 0 spiro atoms. The van der Waals surface area contributed by atoms with E-state index in [9.17, 15) is 0 Å². The lowest BCUT2D eigenvalue weighted by atomic mass is 9.94. The molecule has 3 aliphatic rings. The summed E-state index contributed by atoms with van der Waals surface area (Å²) in [5.41, 5.74) is 0. The van der Waals surface area contributed by atoms with Gasteiger partial charge in [0.2, 0.25) is 0 Å². The maximum Gasteiger partial charge on any atom is 0.0247 e. The van der Waals surface area contributed by atoms with Gasteiger partial charge in [-0.3, -0.25) is 4.90 Å². The van der Waals surface area contributed by atoms with E-state index in [1.807, 2.05) is 0 Å². The van der Waals surface area contributed by atoms with Crippen molar-refractivity contribution in [3.8, 4) is 0 Å². The van der Waals surface area contributed by atoms with E-state index in [0.717, 1.165) is 35.9 Å². The smallest absolute Gasteiger partial charge is 0.0247 e. The zero-order chi connectivity index (χ0) is 12.7. The molecule has 2 aliphatic carbocycles. The molecule has 0 aromatic rings. The minimum atomic E-state index is 0.758. The predicted octanol–water partition coefficient (Wildman–Crippen LogP) is 2.88. The minimum Gasteiger partial charge on any atom is -0.311 e. The molecular formula is C16H30N2. The summed E-state index contributed by atoms with van der Waals surface area (Å²) < 4.78 is 0. The summed E-state index contributed by atoms with van der Waals surface area (Å²) in [6, 6.07) is 2.35. The summed E-state index contributed by atoms with van der Waals surface area (Å²) in [6.07, 6.45) is 7.37. The molecule has 1 heterocycles. The van der Waals surface area contributed by atoms with Gasteiger partial charge in [0, 0.05) is 31.2 Å². The van der Waals surface area contributed by atoms with Crippen LogP contribution < -0.4 is 5.32 Å². The Morgan fingerprint density at radius 1 is 1.11 bits per heavy atom. The van der Waals surface area contributed by atoms with Gasteiger partial charge in [-0.2, -0.15) is 0 Å². The molecule has 3 atom stereocenters. The van der Waals surface area contributed by atoms with E-state index in [0.29, 0.717) is 0 Å². The van der Waals surface area contributed by atoms with Gasteiger partial charge in [-0.15, -0.1) is 0 Å². The van der Waals surface area contributed by atoms with Crippen molar-refractivity contribution in [1.82, 2.24) is 10.2 Å². The molecule has 0 aromatic carbocycles. The molecule has 2 nitrogen and oxygen atoms in total.